The van der Waals surface area contributed by atoms with E-state index < -0.39 is 0 Å². The first kappa shape index (κ1) is 12.7. The molecule has 0 aliphatic heterocycles. The molecule has 0 fully saturated rings. The highest BCUT2D eigenvalue weighted by molar-refractivity contribution is 4.65. The Morgan fingerprint density at radius 1 is 1.00 bits per heavy atom. The molecule has 0 amide bonds. The zero-order valence-corrected chi connectivity index (χ0v) is 9.15. The van der Waals surface area contributed by atoms with Crippen LogP contribution in [0.5, 0.6) is 0 Å². The molecule has 0 aromatic carbocycles. The summed E-state index contributed by atoms with van der Waals surface area (Å²) in [4.78, 5) is 0. The van der Waals surface area contributed by atoms with Gasteiger partial charge in [-0.3, -0.25) is 0 Å². The fourth-order valence-corrected chi connectivity index (χ4v) is 1.37. The summed E-state index contributed by atoms with van der Waals surface area (Å²) in [5.41, 5.74) is 0. The molecule has 0 aliphatic rings. The predicted molar refractivity (Wildman–Crippen MR) is 61.1 cm³/mol. The van der Waals surface area contributed by atoms with Crippen LogP contribution in [0.4, 0.5) is 0 Å². The third-order valence-electron chi connectivity index (χ3n) is 2.19. The fraction of sp³-hybridized carbons (Fsp3) is 0.833. The number of nitrogens with one attached hydrogen (secondary N) is 1. The summed E-state index contributed by atoms with van der Waals surface area (Å²) in [6, 6.07) is 0. The van der Waals surface area contributed by atoms with E-state index in [1.807, 2.05) is 6.08 Å². The molecule has 0 atom stereocenters. The minimum absolute atomic E-state index is 1.18. The summed E-state index contributed by atoms with van der Waals surface area (Å²) in [5, 5.41) is 3.42. The Kier molecular flexibility index (Phi) is 11.4. The molecule has 0 heterocycles. The molecule has 0 aromatic heterocycles. The van der Waals surface area contributed by atoms with Crippen molar-refractivity contribution < 1.29 is 0 Å². The van der Waals surface area contributed by atoms with Gasteiger partial charge in [-0.15, -0.1) is 6.58 Å². The van der Waals surface area contributed by atoms with E-state index >= 15 is 0 Å². The van der Waals surface area contributed by atoms with Crippen molar-refractivity contribution in [1.29, 1.82) is 0 Å². The van der Waals surface area contributed by atoms with Crippen molar-refractivity contribution in [3.05, 3.63) is 12.7 Å². The van der Waals surface area contributed by atoms with Crippen molar-refractivity contribution in [2.45, 2.75) is 51.9 Å². The molecule has 0 aliphatic carbocycles. The van der Waals surface area contributed by atoms with Gasteiger partial charge < -0.3 is 5.32 Å². The molecular weight excluding hydrogens is 158 g/mol. The Hall–Kier alpha value is -0.300. The van der Waals surface area contributed by atoms with Crippen LogP contribution in [0.2, 0.25) is 0 Å². The number of hydrogen-bond donors (Lipinski definition) is 1. The lowest BCUT2D eigenvalue weighted by Gasteiger charge is -2.02. The second-order valence-electron chi connectivity index (χ2n) is 3.60. The second-order valence-corrected chi connectivity index (χ2v) is 3.60. The van der Waals surface area contributed by atoms with E-state index in [0.717, 1.165) is 0 Å². The lowest BCUT2D eigenvalue weighted by Crippen LogP contribution is -2.15. The van der Waals surface area contributed by atoms with Crippen molar-refractivity contribution in [2.75, 3.05) is 13.1 Å². The molecule has 0 aromatic rings. The monoisotopic (exact) mass is 183 g/mol. The largest absolute Gasteiger partial charge is 0.317 e. The molecule has 13 heavy (non-hydrogen) atoms. The van der Waals surface area contributed by atoms with Gasteiger partial charge in [0.2, 0.25) is 0 Å². The highest BCUT2D eigenvalue weighted by Gasteiger charge is 1.89. The topological polar surface area (TPSA) is 12.0 Å². The van der Waals surface area contributed by atoms with E-state index in [1.165, 1.54) is 58.0 Å². The van der Waals surface area contributed by atoms with Gasteiger partial charge in [0.1, 0.15) is 0 Å². The van der Waals surface area contributed by atoms with E-state index in [1.54, 1.807) is 0 Å². The maximum atomic E-state index is 3.72. The third kappa shape index (κ3) is 11.7. The standard InChI is InChI=1S/C12H25N/c1-3-5-6-7-8-9-10-12-13-11-4-2/h3,13H,1,4-12H2,2H3. The van der Waals surface area contributed by atoms with Crippen LogP contribution < -0.4 is 5.32 Å². The Balaban J connectivity index is 2.79. The van der Waals surface area contributed by atoms with Crippen LogP contribution >= 0.6 is 0 Å². The zero-order chi connectivity index (χ0) is 9.78. The van der Waals surface area contributed by atoms with Crippen molar-refractivity contribution in [1.82, 2.24) is 5.32 Å². The fourth-order valence-electron chi connectivity index (χ4n) is 1.37. The molecule has 0 bridgehead atoms. The molecule has 1 N–H and O–H groups in total. The van der Waals surface area contributed by atoms with Crippen molar-refractivity contribution >= 4 is 0 Å². The first-order chi connectivity index (χ1) is 6.41. The highest BCUT2D eigenvalue weighted by atomic mass is 14.8. The number of hydrogen-bond acceptors (Lipinski definition) is 1. The third-order valence-corrected chi connectivity index (χ3v) is 2.19. The summed E-state index contributed by atoms with van der Waals surface area (Å²) in [6.45, 7) is 8.31. The predicted octanol–water partition coefficient (Wildman–Crippen LogP) is 3.51. The molecule has 1 nitrogen and oxygen atoms in total. The Bertz CT molecular complexity index is 99.3. The van der Waals surface area contributed by atoms with Crippen LogP contribution in [-0.4, -0.2) is 13.1 Å². The summed E-state index contributed by atoms with van der Waals surface area (Å²) in [6.07, 6.45) is 11.3. The van der Waals surface area contributed by atoms with E-state index in [-0.39, 0.29) is 0 Å². The van der Waals surface area contributed by atoms with E-state index in [2.05, 4.69) is 18.8 Å². The van der Waals surface area contributed by atoms with Gasteiger partial charge in [-0.1, -0.05) is 32.3 Å². The first-order valence-corrected chi connectivity index (χ1v) is 5.73. The van der Waals surface area contributed by atoms with Crippen LogP contribution in [0.25, 0.3) is 0 Å². The molecule has 0 saturated carbocycles. The molecule has 0 unspecified atom stereocenters. The Labute approximate surface area is 83.6 Å². The van der Waals surface area contributed by atoms with Crippen LogP contribution in [-0.2, 0) is 0 Å². The van der Waals surface area contributed by atoms with Gasteiger partial charge in [-0.2, -0.15) is 0 Å². The van der Waals surface area contributed by atoms with Crippen LogP contribution in [0.1, 0.15) is 51.9 Å². The van der Waals surface area contributed by atoms with Gasteiger partial charge in [0.05, 0.1) is 0 Å². The number of allylic oxidation sites excluding steroid dienone is 1. The molecule has 78 valence electrons. The smallest absolute Gasteiger partial charge is 0.00489 e. The van der Waals surface area contributed by atoms with Crippen LogP contribution in [0, 0.1) is 0 Å². The highest BCUT2D eigenvalue weighted by Crippen LogP contribution is 2.04. The van der Waals surface area contributed by atoms with Gasteiger partial charge in [-0.25, -0.2) is 0 Å². The normalized spacial score (nSPS) is 10.2. The maximum absolute atomic E-state index is 3.72. The minimum Gasteiger partial charge on any atom is -0.317 e. The second kappa shape index (κ2) is 11.7. The van der Waals surface area contributed by atoms with Crippen molar-refractivity contribution in [3.63, 3.8) is 0 Å². The summed E-state index contributed by atoms with van der Waals surface area (Å²) in [5.74, 6) is 0. The van der Waals surface area contributed by atoms with Gasteiger partial charge in [-0.05, 0) is 38.8 Å². The SMILES string of the molecule is C=CCCCCCCCNCCC. The first-order valence-electron chi connectivity index (χ1n) is 5.73. The number of rotatable bonds is 10. The summed E-state index contributed by atoms with van der Waals surface area (Å²) in [7, 11) is 0. The molecule has 0 spiro atoms. The maximum Gasteiger partial charge on any atom is -0.00489 e. The lowest BCUT2D eigenvalue weighted by molar-refractivity contribution is 0.575. The van der Waals surface area contributed by atoms with Crippen molar-refractivity contribution in [3.8, 4) is 0 Å². The van der Waals surface area contributed by atoms with Gasteiger partial charge in [0, 0.05) is 0 Å². The van der Waals surface area contributed by atoms with Gasteiger partial charge in [0.15, 0.2) is 0 Å². The number of unbranched alkanes of at least 4 members (excludes halogenated alkanes) is 5. The minimum atomic E-state index is 1.18. The van der Waals surface area contributed by atoms with Crippen LogP contribution in [0.15, 0.2) is 12.7 Å². The van der Waals surface area contributed by atoms with Gasteiger partial charge >= 0.3 is 0 Å². The molecule has 0 rings (SSSR count). The van der Waals surface area contributed by atoms with E-state index in [9.17, 15) is 0 Å². The lowest BCUT2D eigenvalue weighted by atomic mass is 10.1. The summed E-state index contributed by atoms with van der Waals surface area (Å²) >= 11 is 0. The van der Waals surface area contributed by atoms with E-state index in [0.29, 0.717) is 0 Å². The summed E-state index contributed by atoms with van der Waals surface area (Å²) < 4.78 is 0. The average molecular weight is 183 g/mol. The Morgan fingerprint density at radius 3 is 2.38 bits per heavy atom. The average Bonchev–Trinajstić information content (AvgIpc) is 2.16. The Morgan fingerprint density at radius 2 is 1.69 bits per heavy atom. The zero-order valence-electron chi connectivity index (χ0n) is 9.15. The van der Waals surface area contributed by atoms with E-state index in [4.69, 9.17) is 0 Å². The van der Waals surface area contributed by atoms with Crippen LogP contribution in [0.3, 0.4) is 0 Å². The van der Waals surface area contributed by atoms with Gasteiger partial charge in [0.25, 0.3) is 0 Å². The molecular formula is C12H25N. The molecule has 1 heteroatoms. The molecule has 0 saturated heterocycles. The molecule has 0 radical (unpaired) electrons. The quantitative estimate of drug-likeness (QED) is 0.404. The van der Waals surface area contributed by atoms with Crippen molar-refractivity contribution in [2.24, 2.45) is 0 Å².